The minimum absolute atomic E-state index is 0.201. The molecular formula is C10H24N2O3Si. The van der Waals surface area contributed by atoms with Crippen molar-refractivity contribution in [3.05, 3.63) is 0 Å². The second-order valence-electron chi connectivity index (χ2n) is 3.36. The maximum absolute atomic E-state index is 7.18. The maximum Gasteiger partial charge on any atom is 0.500 e. The molecule has 0 bridgehead atoms. The Morgan fingerprint density at radius 2 is 1.50 bits per heavy atom. The molecule has 0 aliphatic heterocycles. The normalized spacial score (nSPS) is 11.7. The summed E-state index contributed by atoms with van der Waals surface area (Å²) in [5, 5.41) is 7.18. The zero-order valence-electron chi connectivity index (χ0n) is 10.5. The van der Waals surface area contributed by atoms with E-state index in [2.05, 4.69) is 0 Å². The largest absolute Gasteiger partial charge is 0.500 e. The van der Waals surface area contributed by atoms with E-state index in [1.807, 2.05) is 20.8 Å². The Bertz CT molecular complexity index is 185. The van der Waals surface area contributed by atoms with Gasteiger partial charge in [0, 0.05) is 32.3 Å². The summed E-state index contributed by atoms with van der Waals surface area (Å²) in [5.41, 5.74) is 5.32. The SMILES string of the molecule is CCO[Si](CCCC(=N)N)(OCC)OCC. The van der Waals surface area contributed by atoms with Crippen molar-refractivity contribution in [2.45, 2.75) is 39.7 Å². The Kier molecular flexibility index (Phi) is 8.45. The van der Waals surface area contributed by atoms with Gasteiger partial charge in [-0.3, -0.25) is 5.41 Å². The summed E-state index contributed by atoms with van der Waals surface area (Å²) >= 11 is 0. The van der Waals surface area contributed by atoms with Crippen LogP contribution < -0.4 is 5.73 Å². The van der Waals surface area contributed by atoms with Gasteiger partial charge in [-0.2, -0.15) is 0 Å². The van der Waals surface area contributed by atoms with Crippen LogP contribution in [-0.2, 0) is 13.3 Å². The van der Waals surface area contributed by atoms with Crippen molar-refractivity contribution in [3.63, 3.8) is 0 Å². The molecular weight excluding hydrogens is 224 g/mol. The smallest absolute Gasteiger partial charge is 0.388 e. The highest BCUT2D eigenvalue weighted by Gasteiger charge is 2.39. The quantitative estimate of drug-likeness (QED) is 0.351. The van der Waals surface area contributed by atoms with Crippen LogP contribution in [0.1, 0.15) is 33.6 Å². The van der Waals surface area contributed by atoms with Crippen LogP contribution in [-0.4, -0.2) is 34.5 Å². The highest BCUT2D eigenvalue weighted by atomic mass is 28.4. The van der Waals surface area contributed by atoms with Crippen LogP contribution in [0.15, 0.2) is 0 Å². The fourth-order valence-corrected chi connectivity index (χ4v) is 4.11. The molecule has 0 aromatic carbocycles. The van der Waals surface area contributed by atoms with Crippen LogP contribution >= 0.6 is 0 Å². The Labute approximate surface area is 99.1 Å². The van der Waals surface area contributed by atoms with Crippen molar-refractivity contribution >= 4 is 14.6 Å². The molecule has 0 heterocycles. The van der Waals surface area contributed by atoms with Crippen molar-refractivity contribution in [3.8, 4) is 0 Å². The number of hydrogen-bond donors (Lipinski definition) is 2. The molecule has 0 amide bonds. The van der Waals surface area contributed by atoms with E-state index in [1.54, 1.807) is 0 Å². The monoisotopic (exact) mass is 248 g/mol. The fraction of sp³-hybridized carbons (Fsp3) is 0.900. The van der Waals surface area contributed by atoms with Gasteiger partial charge in [0.15, 0.2) is 0 Å². The maximum atomic E-state index is 7.18. The molecule has 0 aromatic rings. The molecule has 0 atom stereocenters. The van der Waals surface area contributed by atoms with Crippen LogP contribution in [0, 0.1) is 5.41 Å². The molecule has 0 aromatic heterocycles. The lowest BCUT2D eigenvalue weighted by Gasteiger charge is -2.28. The Morgan fingerprint density at radius 3 is 1.81 bits per heavy atom. The van der Waals surface area contributed by atoms with Crippen molar-refractivity contribution in [1.29, 1.82) is 5.41 Å². The van der Waals surface area contributed by atoms with Crippen molar-refractivity contribution in [1.82, 2.24) is 0 Å². The van der Waals surface area contributed by atoms with E-state index in [4.69, 9.17) is 24.4 Å². The average molecular weight is 248 g/mol. The molecule has 6 heteroatoms. The molecule has 0 saturated heterocycles. The summed E-state index contributed by atoms with van der Waals surface area (Å²) in [6.07, 6.45) is 1.35. The zero-order chi connectivity index (χ0) is 12.4. The predicted octanol–water partition coefficient (Wildman–Crippen LogP) is 1.75. The van der Waals surface area contributed by atoms with Gasteiger partial charge < -0.3 is 19.0 Å². The molecule has 96 valence electrons. The topological polar surface area (TPSA) is 77.6 Å². The van der Waals surface area contributed by atoms with Gasteiger partial charge >= 0.3 is 8.80 Å². The number of nitrogens with two attached hydrogens (primary N) is 1. The Balaban J connectivity index is 4.28. The van der Waals surface area contributed by atoms with Crippen molar-refractivity contribution in [2.75, 3.05) is 19.8 Å². The highest BCUT2D eigenvalue weighted by Crippen LogP contribution is 2.19. The van der Waals surface area contributed by atoms with Gasteiger partial charge in [0.2, 0.25) is 0 Å². The van der Waals surface area contributed by atoms with E-state index in [9.17, 15) is 0 Å². The second-order valence-corrected chi connectivity index (χ2v) is 6.09. The van der Waals surface area contributed by atoms with Gasteiger partial charge in [-0.15, -0.1) is 0 Å². The van der Waals surface area contributed by atoms with Crippen LogP contribution in [0.4, 0.5) is 0 Å². The molecule has 0 saturated carbocycles. The summed E-state index contributed by atoms with van der Waals surface area (Å²) in [5.74, 6) is 0.201. The summed E-state index contributed by atoms with van der Waals surface area (Å²) in [6, 6.07) is 0.724. The minimum atomic E-state index is -2.51. The lowest BCUT2D eigenvalue weighted by molar-refractivity contribution is 0.0710. The number of amidine groups is 1. The third kappa shape index (κ3) is 6.22. The molecule has 3 N–H and O–H groups in total. The first-order valence-electron chi connectivity index (χ1n) is 5.85. The van der Waals surface area contributed by atoms with Gasteiger partial charge in [0.05, 0.1) is 5.84 Å². The summed E-state index contributed by atoms with van der Waals surface area (Å²) in [7, 11) is -2.51. The van der Waals surface area contributed by atoms with Crippen LogP contribution in [0.2, 0.25) is 6.04 Å². The van der Waals surface area contributed by atoms with Gasteiger partial charge in [0.1, 0.15) is 0 Å². The Hall–Kier alpha value is -0.433. The van der Waals surface area contributed by atoms with E-state index in [0.29, 0.717) is 26.2 Å². The third-order valence-electron chi connectivity index (χ3n) is 2.02. The van der Waals surface area contributed by atoms with Gasteiger partial charge in [-0.1, -0.05) is 0 Å². The molecule has 0 spiro atoms. The van der Waals surface area contributed by atoms with E-state index < -0.39 is 8.80 Å². The molecule has 0 aliphatic carbocycles. The molecule has 16 heavy (non-hydrogen) atoms. The number of rotatable bonds is 10. The second kappa shape index (κ2) is 8.69. The summed E-state index contributed by atoms with van der Waals surface area (Å²) < 4.78 is 17.0. The average Bonchev–Trinajstić information content (AvgIpc) is 2.18. The van der Waals surface area contributed by atoms with Gasteiger partial charge in [0.25, 0.3) is 0 Å². The van der Waals surface area contributed by atoms with Crippen molar-refractivity contribution in [2.24, 2.45) is 5.73 Å². The van der Waals surface area contributed by atoms with Crippen LogP contribution in [0.3, 0.4) is 0 Å². The minimum Gasteiger partial charge on any atom is -0.388 e. The van der Waals surface area contributed by atoms with Crippen LogP contribution in [0.5, 0.6) is 0 Å². The highest BCUT2D eigenvalue weighted by molar-refractivity contribution is 6.60. The summed E-state index contributed by atoms with van der Waals surface area (Å²) in [4.78, 5) is 0. The molecule has 0 rings (SSSR count). The molecule has 0 unspecified atom stereocenters. The zero-order valence-corrected chi connectivity index (χ0v) is 11.5. The van der Waals surface area contributed by atoms with Crippen LogP contribution in [0.25, 0.3) is 0 Å². The fourth-order valence-electron chi connectivity index (χ4n) is 1.50. The molecule has 5 nitrogen and oxygen atoms in total. The first-order valence-corrected chi connectivity index (χ1v) is 7.78. The van der Waals surface area contributed by atoms with Crippen molar-refractivity contribution < 1.29 is 13.3 Å². The summed E-state index contributed by atoms with van der Waals surface area (Å²) in [6.45, 7) is 7.57. The molecule has 0 aliphatic rings. The van der Waals surface area contributed by atoms with Gasteiger partial charge in [-0.05, 0) is 27.2 Å². The van der Waals surface area contributed by atoms with Gasteiger partial charge in [-0.25, -0.2) is 0 Å². The molecule has 0 radical (unpaired) electrons. The number of nitrogens with one attached hydrogen (secondary N) is 1. The first kappa shape index (κ1) is 15.6. The van der Waals surface area contributed by atoms with E-state index in [0.717, 1.165) is 12.5 Å². The lowest BCUT2D eigenvalue weighted by Crippen LogP contribution is -2.46. The third-order valence-corrected chi connectivity index (χ3v) is 5.17. The van der Waals surface area contributed by atoms with E-state index in [-0.39, 0.29) is 5.84 Å². The number of hydrogen-bond acceptors (Lipinski definition) is 4. The standard InChI is InChI=1S/C10H24N2O3Si/c1-4-13-16(14-5-2,15-6-3)9-7-8-10(11)12/h4-9H2,1-3H3,(H3,11,12). The predicted molar refractivity (Wildman–Crippen MR) is 66.6 cm³/mol. The lowest BCUT2D eigenvalue weighted by atomic mass is 10.3. The van der Waals surface area contributed by atoms with E-state index in [1.165, 1.54) is 0 Å². The first-order chi connectivity index (χ1) is 7.60. The van der Waals surface area contributed by atoms with E-state index >= 15 is 0 Å². The Morgan fingerprint density at radius 1 is 1.06 bits per heavy atom. The molecule has 0 fully saturated rings.